The number of ketones is 1. The van der Waals surface area contributed by atoms with Gasteiger partial charge in [0.15, 0.2) is 5.78 Å². The van der Waals surface area contributed by atoms with Crippen molar-refractivity contribution >= 4 is 29.0 Å². The highest BCUT2D eigenvalue weighted by atomic mass is 35.5. The van der Waals surface area contributed by atoms with E-state index >= 15 is 0 Å². The van der Waals surface area contributed by atoms with Crippen LogP contribution < -0.4 is 0 Å². The predicted octanol–water partition coefficient (Wildman–Crippen LogP) is 7.18. The molecule has 0 heterocycles. The second-order valence-corrected chi connectivity index (χ2v) is 7.59. The van der Waals surface area contributed by atoms with Crippen LogP contribution in [0.2, 0.25) is 10.0 Å². The van der Waals surface area contributed by atoms with Gasteiger partial charge >= 0.3 is 0 Å². The Bertz CT molecular complexity index is 759. The summed E-state index contributed by atoms with van der Waals surface area (Å²) in [5, 5.41) is 1.09. The summed E-state index contributed by atoms with van der Waals surface area (Å²) in [5.74, 6) is 0.290. The minimum Gasteiger partial charge on any atom is -0.294 e. The van der Waals surface area contributed by atoms with Crippen LogP contribution in [0.15, 0.2) is 49.1 Å². The summed E-state index contributed by atoms with van der Waals surface area (Å²) in [6, 6.07) is 11.7. The highest BCUT2D eigenvalue weighted by Crippen LogP contribution is 2.33. The van der Waals surface area contributed by atoms with Crippen LogP contribution >= 0.6 is 23.2 Å². The van der Waals surface area contributed by atoms with E-state index in [1.54, 1.807) is 0 Å². The van der Waals surface area contributed by atoms with Crippen LogP contribution in [0.5, 0.6) is 0 Å². The molecule has 0 N–H and O–H groups in total. The molecule has 2 atom stereocenters. The maximum Gasteiger partial charge on any atom is 0.165 e. The van der Waals surface area contributed by atoms with Crippen LogP contribution in [0.4, 0.5) is 0 Å². The number of halogens is 2. The lowest BCUT2D eigenvalue weighted by Gasteiger charge is -2.20. The molecule has 2 aromatic carbocycles. The maximum absolute atomic E-state index is 12.9. The van der Waals surface area contributed by atoms with Crippen molar-refractivity contribution in [3.05, 3.63) is 81.4 Å². The van der Waals surface area contributed by atoms with Crippen LogP contribution in [-0.2, 0) is 0 Å². The summed E-state index contributed by atoms with van der Waals surface area (Å²) in [5.41, 5.74) is 4.11. The minimum absolute atomic E-state index is 0.0828. The molecule has 0 fully saturated rings. The molecular formula is C22H24Cl2O. The molecule has 0 aromatic heterocycles. The summed E-state index contributed by atoms with van der Waals surface area (Å²) >= 11 is 12.2. The molecule has 0 aliphatic rings. The third-order valence-electron chi connectivity index (χ3n) is 4.46. The summed E-state index contributed by atoms with van der Waals surface area (Å²) < 4.78 is 0. The number of hydrogen-bond donors (Lipinski definition) is 0. The Kier molecular flexibility index (Phi) is 6.87. The van der Waals surface area contributed by atoms with Gasteiger partial charge in [-0.2, -0.15) is 0 Å². The van der Waals surface area contributed by atoms with E-state index in [1.807, 2.05) is 57.2 Å². The zero-order valence-corrected chi connectivity index (χ0v) is 16.5. The van der Waals surface area contributed by atoms with E-state index in [1.165, 1.54) is 0 Å². The minimum atomic E-state index is -0.0828. The normalized spacial score (nSPS) is 13.3. The number of carbonyl (C=O) groups excluding carboxylic acids is 1. The molecule has 0 aliphatic heterocycles. The molecule has 0 saturated heterocycles. The molecule has 0 amide bonds. The van der Waals surface area contributed by atoms with Crippen molar-refractivity contribution in [2.24, 2.45) is 5.92 Å². The van der Waals surface area contributed by atoms with Gasteiger partial charge < -0.3 is 0 Å². The zero-order chi connectivity index (χ0) is 18.6. The Morgan fingerprint density at radius 2 is 1.72 bits per heavy atom. The standard InChI is InChI=1S/C22H24Cl2O/c1-5-6-17(18-7-8-20(23)21(24)13-18)12-16(4)22(25)19-10-14(2)9-15(3)11-19/h5,7-11,13,16-17H,1,6,12H2,2-4H3. The molecule has 0 spiro atoms. The number of aryl methyl sites for hydroxylation is 2. The lowest BCUT2D eigenvalue weighted by atomic mass is 9.83. The fourth-order valence-electron chi connectivity index (χ4n) is 3.27. The van der Waals surface area contributed by atoms with Crippen molar-refractivity contribution in [1.29, 1.82) is 0 Å². The van der Waals surface area contributed by atoms with Crippen LogP contribution in [0.25, 0.3) is 0 Å². The smallest absolute Gasteiger partial charge is 0.165 e. The van der Waals surface area contributed by atoms with Gasteiger partial charge in [0.1, 0.15) is 0 Å². The van der Waals surface area contributed by atoms with E-state index in [0.717, 1.165) is 35.1 Å². The Hall–Kier alpha value is -1.57. The first-order valence-electron chi connectivity index (χ1n) is 8.50. The summed E-state index contributed by atoms with van der Waals surface area (Å²) in [6.07, 6.45) is 3.43. The Morgan fingerprint density at radius 3 is 2.28 bits per heavy atom. The second-order valence-electron chi connectivity index (χ2n) is 6.77. The van der Waals surface area contributed by atoms with Gasteiger partial charge in [-0.1, -0.05) is 59.5 Å². The maximum atomic E-state index is 12.9. The second kappa shape index (κ2) is 8.69. The molecule has 0 aliphatic carbocycles. The number of Topliss-reactive ketones (excluding diaryl/α,β-unsaturated/α-hetero) is 1. The Balaban J connectivity index is 2.21. The number of benzene rings is 2. The molecule has 0 saturated carbocycles. The zero-order valence-electron chi connectivity index (χ0n) is 15.0. The molecule has 2 aromatic rings. The fraction of sp³-hybridized carbons (Fsp3) is 0.318. The van der Waals surface area contributed by atoms with Crippen molar-refractivity contribution in [2.75, 3.05) is 0 Å². The third kappa shape index (κ3) is 5.20. The topological polar surface area (TPSA) is 17.1 Å². The van der Waals surface area contributed by atoms with Gasteiger partial charge in [0.25, 0.3) is 0 Å². The van der Waals surface area contributed by atoms with Gasteiger partial charge in [0.05, 0.1) is 10.0 Å². The van der Waals surface area contributed by atoms with Crippen molar-refractivity contribution < 1.29 is 4.79 Å². The van der Waals surface area contributed by atoms with Gasteiger partial charge in [-0.3, -0.25) is 4.79 Å². The molecule has 2 unspecified atom stereocenters. The largest absolute Gasteiger partial charge is 0.294 e. The molecule has 2 rings (SSSR count). The first kappa shape index (κ1) is 19.8. The lowest BCUT2D eigenvalue weighted by molar-refractivity contribution is 0.0919. The van der Waals surface area contributed by atoms with Crippen LogP contribution in [0.3, 0.4) is 0 Å². The van der Waals surface area contributed by atoms with E-state index in [0.29, 0.717) is 10.0 Å². The van der Waals surface area contributed by atoms with Crippen molar-refractivity contribution in [2.45, 2.75) is 39.5 Å². The summed E-state index contributed by atoms with van der Waals surface area (Å²) in [4.78, 5) is 12.9. The SMILES string of the molecule is C=CCC(CC(C)C(=O)c1cc(C)cc(C)c1)c1ccc(Cl)c(Cl)c1. The first-order valence-corrected chi connectivity index (χ1v) is 9.25. The van der Waals surface area contributed by atoms with E-state index in [4.69, 9.17) is 23.2 Å². The van der Waals surface area contributed by atoms with Crippen LogP contribution in [0.1, 0.15) is 52.7 Å². The third-order valence-corrected chi connectivity index (χ3v) is 5.20. The van der Waals surface area contributed by atoms with Crippen LogP contribution in [-0.4, -0.2) is 5.78 Å². The highest BCUT2D eigenvalue weighted by molar-refractivity contribution is 6.42. The van der Waals surface area contributed by atoms with Crippen LogP contribution in [0, 0.1) is 19.8 Å². The number of rotatable bonds is 7. The average molecular weight is 375 g/mol. The number of allylic oxidation sites excluding steroid dienone is 1. The molecule has 1 nitrogen and oxygen atoms in total. The quantitative estimate of drug-likeness (QED) is 0.370. The molecule has 3 heteroatoms. The average Bonchev–Trinajstić information content (AvgIpc) is 2.55. The number of hydrogen-bond acceptors (Lipinski definition) is 1. The highest BCUT2D eigenvalue weighted by Gasteiger charge is 2.21. The molecular weight excluding hydrogens is 351 g/mol. The Morgan fingerprint density at radius 1 is 1.08 bits per heavy atom. The first-order chi connectivity index (χ1) is 11.8. The molecule has 0 radical (unpaired) electrons. The monoisotopic (exact) mass is 374 g/mol. The van der Waals surface area contributed by atoms with Crippen molar-refractivity contribution in [1.82, 2.24) is 0 Å². The van der Waals surface area contributed by atoms with Gasteiger partial charge in [-0.25, -0.2) is 0 Å². The van der Waals surface area contributed by atoms with E-state index in [-0.39, 0.29) is 17.6 Å². The van der Waals surface area contributed by atoms with Gasteiger partial charge in [-0.15, -0.1) is 6.58 Å². The van der Waals surface area contributed by atoms with E-state index in [9.17, 15) is 4.79 Å². The van der Waals surface area contributed by atoms with Crippen molar-refractivity contribution in [3.8, 4) is 0 Å². The van der Waals surface area contributed by atoms with Crippen molar-refractivity contribution in [3.63, 3.8) is 0 Å². The van der Waals surface area contributed by atoms with Gasteiger partial charge in [0.2, 0.25) is 0 Å². The summed E-state index contributed by atoms with van der Waals surface area (Å²) in [7, 11) is 0. The Labute approximate surface area is 160 Å². The van der Waals surface area contributed by atoms with Gasteiger partial charge in [-0.05, 0) is 62.4 Å². The predicted molar refractivity (Wildman–Crippen MR) is 108 cm³/mol. The van der Waals surface area contributed by atoms with Gasteiger partial charge in [0, 0.05) is 11.5 Å². The summed E-state index contributed by atoms with van der Waals surface area (Å²) in [6.45, 7) is 9.89. The number of carbonyl (C=O) groups is 1. The molecule has 25 heavy (non-hydrogen) atoms. The van der Waals surface area contributed by atoms with E-state index < -0.39 is 0 Å². The molecule has 132 valence electrons. The lowest BCUT2D eigenvalue weighted by Crippen LogP contribution is -2.15. The fourth-order valence-corrected chi connectivity index (χ4v) is 3.58. The molecule has 0 bridgehead atoms. The van der Waals surface area contributed by atoms with E-state index in [2.05, 4.69) is 12.6 Å².